The predicted molar refractivity (Wildman–Crippen MR) is 91.0 cm³/mol. The third-order valence-corrected chi connectivity index (χ3v) is 6.08. The first-order valence-electron chi connectivity index (χ1n) is 9.39. The van der Waals surface area contributed by atoms with Crippen molar-refractivity contribution in [2.45, 2.75) is 69.6 Å². The fourth-order valence-corrected chi connectivity index (χ4v) is 4.83. The molecule has 2 aliphatic heterocycles. The first kappa shape index (κ1) is 16.1. The third-order valence-electron chi connectivity index (χ3n) is 6.08. The Morgan fingerprint density at radius 3 is 2.88 bits per heavy atom. The van der Waals surface area contributed by atoms with Crippen LogP contribution in [0.2, 0.25) is 0 Å². The van der Waals surface area contributed by atoms with Crippen LogP contribution in [-0.4, -0.2) is 29.2 Å². The Labute approximate surface area is 144 Å². The second kappa shape index (κ2) is 6.85. The molecule has 4 nitrogen and oxygen atoms in total. The van der Waals surface area contributed by atoms with Crippen LogP contribution < -0.4 is 0 Å². The molecule has 2 saturated heterocycles. The maximum atomic E-state index is 12.5. The molecule has 24 heavy (non-hydrogen) atoms. The Bertz CT molecular complexity index is 576. The number of rotatable bonds is 4. The summed E-state index contributed by atoms with van der Waals surface area (Å²) in [5.74, 6) is 0.816. The van der Waals surface area contributed by atoms with Gasteiger partial charge in [-0.1, -0.05) is 43.2 Å². The maximum Gasteiger partial charge on any atom is 0.246 e. The molecule has 1 aliphatic carbocycles. The van der Waals surface area contributed by atoms with Gasteiger partial charge in [-0.15, -0.1) is 0 Å². The molecule has 1 spiro atoms. The SMILES string of the molecule is O=C1CC[C@@H]2CCCC[C@]23CC[C@H](COCc2ccccc2)ON13. The van der Waals surface area contributed by atoms with Crippen LogP contribution in [0.4, 0.5) is 0 Å². The van der Waals surface area contributed by atoms with E-state index in [1.165, 1.54) is 24.8 Å². The Balaban J connectivity index is 1.36. The summed E-state index contributed by atoms with van der Waals surface area (Å²) >= 11 is 0. The number of hydroxylamine groups is 2. The molecule has 1 aromatic carbocycles. The van der Waals surface area contributed by atoms with Crippen molar-refractivity contribution in [2.24, 2.45) is 5.92 Å². The number of hydrogen-bond acceptors (Lipinski definition) is 3. The van der Waals surface area contributed by atoms with E-state index in [9.17, 15) is 4.79 Å². The van der Waals surface area contributed by atoms with E-state index in [4.69, 9.17) is 9.57 Å². The van der Waals surface area contributed by atoms with Gasteiger partial charge in [-0.2, -0.15) is 0 Å². The molecule has 4 heteroatoms. The van der Waals surface area contributed by atoms with E-state index in [1.807, 2.05) is 18.2 Å². The highest BCUT2D eigenvalue weighted by molar-refractivity contribution is 5.77. The van der Waals surface area contributed by atoms with Crippen LogP contribution in [0, 0.1) is 5.92 Å². The summed E-state index contributed by atoms with van der Waals surface area (Å²) in [7, 11) is 0. The molecule has 0 N–H and O–H groups in total. The van der Waals surface area contributed by atoms with Crippen molar-refractivity contribution < 1.29 is 14.4 Å². The minimum Gasteiger partial charge on any atom is -0.374 e. The number of ether oxygens (including phenoxy) is 1. The summed E-state index contributed by atoms with van der Waals surface area (Å²) in [6.07, 6.45) is 8.65. The van der Waals surface area contributed by atoms with Crippen molar-refractivity contribution in [3.8, 4) is 0 Å². The van der Waals surface area contributed by atoms with Gasteiger partial charge in [0.1, 0.15) is 6.10 Å². The first-order valence-corrected chi connectivity index (χ1v) is 9.39. The van der Waals surface area contributed by atoms with Gasteiger partial charge in [0.05, 0.1) is 18.8 Å². The quantitative estimate of drug-likeness (QED) is 0.842. The second-order valence-corrected chi connectivity index (χ2v) is 7.54. The molecule has 3 fully saturated rings. The van der Waals surface area contributed by atoms with Crippen molar-refractivity contribution in [3.63, 3.8) is 0 Å². The molecule has 1 saturated carbocycles. The molecule has 0 unspecified atom stereocenters. The van der Waals surface area contributed by atoms with Crippen molar-refractivity contribution in [2.75, 3.05) is 6.61 Å². The summed E-state index contributed by atoms with van der Waals surface area (Å²) in [5.41, 5.74) is 1.16. The number of amides is 1. The number of nitrogens with zero attached hydrogens (tertiary/aromatic N) is 1. The topological polar surface area (TPSA) is 38.8 Å². The third kappa shape index (κ3) is 2.98. The van der Waals surface area contributed by atoms with Crippen LogP contribution in [0.3, 0.4) is 0 Å². The summed E-state index contributed by atoms with van der Waals surface area (Å²) in [4.78, 5) is 18.6. The molecule has 2 heterocycles. The van der Waals surface area contributed by atoms with Crippen LogP contribution in [0.5, 0.6) is 0 Å². The van der Waals surface area contributed by atoms with E-state index in [2.05, 4.69) is 12.1 Å². The second-order valence-electron chi connectivity index (χ2n) is 7.54. The standard InChI is InChI=1S/C20H27NO3/c22-19-10-9-17-8-4-5-12-20(17)13-11-18(24-21(19)20)15-23-14-16-6-2-1-3-7-16/h1-3,6-7,17-18H,4-5,8-15H2/t17-,18+,20-/m0/s1. The highest BCUT2D eigenvalue weighted by Gasteiger charge is 2.53. The Morgan fingerprint density at radius 2 is 2.00 bits per heavy atom. The van der Waals surface area contributed by atoms with Gasteiger partial charge in [-0.05, 0) is 43.6 Å². The molecule has 0 bridgehead atoms. The number of benzene rings is 1. The molecule has 4 rings (SSSR count). The Hall–Kier alpha value is -1.39. The van der Waals surface area contributed by atoms with Gasteiger partial charge in [0, 0.05) is 6.42 Å². The van der Waals surface area contributed by atoms with E-state index in [0.29, 0.717) is 25.6 Å². The number of carbonyl (C=O) groups is 1. The number of hydrogen-bond donors (Lipinski definition) is 0. The molecule has 0 aromatic heterocycles. The molecular weight excluding hydrogens is 302 g/mol. The maximum absolute atomic E-state index is 12.5. The Kier molecular flexibility index (Phi) is 4.59. The summed E-state index contributed by atoms with van der Waals surface area (Å²) < 4.78 is 5.84. The minimum atomic E-state index is -0.0104. The summed E-state index contributed by atoms with van der Waals surface area (Å²) in [6.45, 7) is 1.15. The van der Waals surface area contributed by atoms with Crippen molar-refractivity contribution in [1.29, 1.82) is 0 Å². The van der Waals surface area contributed by atoms with Gasteiger partial charge in [0.15, 0.2) is 0 Å². The van der Waals surface area contributed by atoms with Crippen LogP contribution in [0.15, 0.2) is 30.3 Å². The zero-order valence-corrected chi connectivity index (χ0v) is 14.3. The lowest BCUT2D eigenvalue weighted by Gasteiger charge is -2.56. The van der Waals surface area contributed by atoms with Crippen LogP contribution in [-0.2, 0) is 21.0 Å². The van der Waals surface area contributed by atoms with Crippen molar-refractivity contribution in [3.05, 3.63) is 35.9 Å². The van der Waals surface area contributed by atoms with E-state index >= 15 is 0 Å². The number of piperidine rings is 1. The average molecular weight is 329 g/mol. The van der Waals surface area contributed by atoms with E-state index in [-0.39, 0.29) is 17.6 Å². The smallest absolute Gasteiger partial charge is 0.246 e. The summed E-state index contributed by atoms with van der Waals surface area (Å²) in [6, 6.07) is 10.2. The van der Waals surface area contributed by atoms with E-state index in [1.54, 1.807) is 5.06 Å². The molecule has 1 aromatic rings. The highest BCUT2D eigenvalue weighted by atomic mass is 16.7. The molecule has 3 aliphatic rings. The molecule has 0 radical (unpaired) electrons. The van der Waals surface area contributed by atoms with Crippen LogP contribution in [0.25, 0.3) is 0 Å². The molecule has 130 valence electrons. The van der Waals surface area contributed by atoms with Crippen molar-refractivity contribution in [1.82, 2.24) is 5.06 Å². The summed E-state index contributed by atoms with van der Waals surface area (Å²) in [5, 5.41) is 1.79. The van der Waals surface area contributed by atoms with Gasteiger partial charge in [0.2, 0.25) is 5.91 Å². The van der Waals surface area contributed by atoms with E-state index < -0.39 is 0 Å². The lowest BCUT2D eigenvalue weighted by molar-refractivity contribution is -0.299. The van der Waals surface area contributed by atoms with Gasteiger partial charge >= 0.3 is 0 Å². The largest absolute Gasteiger partial charge is 0.374 e. The zero-order chi connectivity index (χ0) is 16.4. The minimum absolute atomic E-state index is 0.00367. The van der Waals surface area contributed by atoms with Crippen molar-refractivity contribution >= 4 is 5.91 Å². The van der Waals surface area contributed by atoms with Gasteiger partial charge in [-0.3, -0.25) is 9.63 Å². The lowest BCUT2D eigenvalue weighted by atomic mass is 9.65. The fraction of sp³-hybridized carbons (Fsp3) is 0.650. The van der Waals surface area contributed by atoms with E-state index in [0.717, 1.165) is 25.7 Å². The molecule has 3 atom stereocenters. The van der Waals surface area contributed by atoms with Crippen LogP contribution >= 0.6 is 0 Å². The fourth-order valence-electron chi connectivity index (χ4n) is 4.83. The zero-order valence-electron chi connectivity index (χ0n) is 14.3. The highest BCUT2D eigenvalue weighted by Crippen LogP contribution is 2.49. The van der Waals surface area contributed by atoms with Crippen LogP contribution in [0.1, 0.15) is 56.9 Å². The first-order chi connectivity index (χ1) is 11.8. The molecular formula is C20H27NO3. The van der Waals surface area contributed by atoms with Gasteiger partial charge < -0.3 is 4.74 Å². The average Bonchev–Trinajstić information content (AvgIpc) is 2.63. The van der Waals surface area contributed by atoms with Gasteiger partial charge in [-0.25, -0.2) is 5.06 Å². The lowest BCUT2D eigenvalue weighted by Crippen LogP contribution is -2.64. The normalized spacial score (nSPS) is 33.0. The Morgan fingerprint density at radius 1 is 1.12 bits per heavy atom. The number of carbonyl (C=O) groups excluding carboxylic acids is 1. The van der Waals surface area contributed by atoms with Gasteiger partial charge in [0.25, 0.3) is 0 Å². The predicted octanol–water partition coefficient (Wildman–Crippen LogP) is 3.85. The monoisotopic (exact) mass is 329 g/mol. The molecule has 1 amide bonds.